The molecule has 0 amide bonds. The van der Waals surface area contributed by atoms with E-state index in [-0.39, 0.29) is 15.9 Å². The molecule has 21 heavy (non-hydrogen) atoms. The lowest BCUT2D eigenvalue weighted by atomic mass is 10.1. The Bertz CT molecular complexity index is 797. The molecule has 0 bridgehead atoms. The molecular formula is C10H11BrN4O6. The Kier molecular flexibility index (Phi) is 3.45. The summed E-state index contributed by atoms with van der Waals surface area (Å²) >= 11 is 3.11. The fourth-order valence-corrected chi connectivity index (χ4v) is 2.87. The molecule has 10 nitrogen and oxygen atoms in total. The number of H-pyrrole nitrogens is 2. The Balaban J connectivity index is 2.19. The molecular weight excluding hydrogens is 352 g/mol. The van der Waals surface area contributed by atoms with E-state index in [1.807, 2.05) is 4.98 Å². The summed E-state index contributed by atoms with van der Waals surface area (Å²) in [6.45, 7) is -0.490. The van der Waals surface area contributed by atoms with Crippen molar-refractivity contribution >= 4 is 27.1 Å². The van der Waals surface area contributed by atoms with Crippen molar-refractivity contribution in [1.82, 2.24) is 19.5 Å². The number of ether oxygens (including phenoxy) is 1. The predicted molar refractivity (Wildman–Crippen MR) is 71.7 cm³/mol. The Labute approximate surface area is 124 Å². The monoisotopic (exact) mass is 362 g/mol. The second kappa shape index (κ2) is 5.03. The number of nitrogens with one attached hydrogen (secondary N) is 2. The standard InChI is InChI=1S/C10H11BrN4O6/c11-9-12-3-6(13-10(20)14-7(3)19)15(9)8-5(18)4(17)2(1-16)21-8/h2,4-5,8,16-18H,1H2,(H2,13,14,19,20)/t2-,4+,5+,8-/m0/s1. The molecule has 2 aromatic heterocycles. The van der Waals surface area contributed by atoms with Crippen LogP contribution in [0.5, 0.6) is 0 Å². The van der Waals surface area contributed by atoms with Gasteiger partial charge >= 0.3 is 5.69 Å². The molecule has 4 atom stereocenters. The van der Waals surface area contributed by atoms with Crippen molar-refractivity contribution < 1.29 is 20.1 Å². The van der Waals surface area contributed by atoms with E-state index in [1.165, 1.54) is 4.57 Å². The van der Waals surface area contributed by atoms with Crippen LogP contribution >= 0.6 is 15.9 Å². The third-order valence-corrected chi connectivity index (χ3v) is 3.87. The maximum Gasteiger partial charge on any atom is 0.327 e. The molecule has 3 heterocycles. The van der Waals surface area contributed by atoms with Crippen molar-refractivity contribution in [3.63, 3.8) is 0 Å². The molecule has 114 valence electrons. The SMILES string of the molecule is O=c1[nH]c(=O)c2nc(Br)n([C@H]3O[C@@H](CO)[C@@H](O)[C@H]3O)c2[nH]1. The highest BCUT2D eigenvalue weighted by atomic mass is 79.9. The highest BCUT2D eigenvalue weighted by Gasteiger charge is 2.44. The normalized spacial score (nSPS) is 29.3. The number of fused-ring (bicyclic) bond motifs is 1. The first-order chi connectivity index (χ1) is 9.93. The number of aromatic nitrogens is 4. The van der Waals surface area contributed by atoms with Crippen molar-refractivity contribution in [2.24, 2.45) is 0 Å². The van der Waals surface area contributed by atoms with Gasteiger partial charge in [0.15, 0.2) is 22.1 Å². The van der Waals surface area contributed by atoms with Gasteiger partial charge in [-0.1, -0.05) is 0 Å². The van der Waals surface area contributed by atoms with Crippen LogP contribution in [0.4, 0.5) is 0 Å². The topological polar surface area (TPSA) is 153 Å². The van der Waals surface area contributed by atoms with Gasteiger partial charge in [-0.05, 0) is 15.9 Å². The molecule has 0 unspecified atom stereocenters. The Morgan fingerprint density at radius 1 is 1.29 bits per heavy atom. The molecule has 1 saturated heterocycles. The lowest BCUT2D eigenvalue weighted by Crippen LogP contribution is -2.33. The first kappa shape index (κ1) is 14.4. The van der Waals surface area contributed by atoms with Crippen LogP contribution < -0.4 is 11.2 Å². The van der Waals surface area contributed by atoms with Gasteiger partial charge in [0.1, 0.15) is 18.3 Å². The highest BCUT2D eigenvalue weighted by Crippen LogP contribution is 2.33. The quantitative estimate of drug-likeness (QED) is 0.379. The number of nitrogens with zero attached hydrogens (tertiary/aromatic N) is 2. The summed E-state index contributed by atoms with van der Waals surface area (Å²) in [5.41, 5.74) is -1.46. The third-order valence-electron chi connectivity index (χ3n) is 3.31. The predicted octanol–water partition coefficient (Wildman–Crippen LogP) is -2.21. The first-order valence-electron chi connectivity index (χ1n) is 5.96. The van der Waals surface area contributed by atoms with Crippen LogP contribution in [0.25, 0.3) is 11.2 Å². The zero-order valence-corrected chi connectivity index (χ0v) is 11.9. The molecule has 0 saturated carbocycles. The molecule has 1 aliphatic heterocycles. The smallest absolute Gasteiger partial charge is 0.327 e. The lowest BCUT2D eigenvalue weighted by Gasteiger charge is -2.17. The van der Waals surface area contributed by atoms with E-state index in [9.17, 15) is 19.8 Å². The van der Waals surface area contributed by atoms with E-state index in [2.05, 4.69) is 25.9 Å². The minimum Gasteiger partial charge on any atom is -0.394 e. The summed E-state index contributed by atoms with van der Waals surface area (Å²) < 4.78 is 6.71. The number of aromatic amines is 2. The van der Waals surface area contributed by atoms with Crippen LogP contribution in [0.3, 0.4) is 0 Å². The molecule has 0 aromatic carbocycles. The van der Waals surface area contributed by atoms with Gasteiger partial charge in [-0.15, -0.1) is 0 Å². The summed E-state index contributed by atoms with van der Waals surface area (Å²) in [7, 11) is 0. The number of imidazole rings is 1. The maximum absolute atomic E-state index is 11.7. The molecule has 0 aliphatic carbocycles. The van der Waals surface area contributed by atoms with Crippen molar-refractivity contribution in [2.75, 3.05) is 6.61 Å². The highest BCUT2D eigenvalue weighted by molar-refractivity contribution is 9.10. The number of rotatable bonds is 2. The van der Waals surface area contributed by atoms with Gasteiger partial charge < -0.3 is 20.1 Å². The van der Waals surface area contributed by atoms with Crippen LogP contribution in [0.15, 0.2) is 14.3 Å². The van der Waals surface area contributed by atoms with E-state index in [4.69, 9.17) is 9.84 Å². The van der Waals surface area contributed by atoms with E-state index >= 15 is 0 Å². The van der Waals surface area contributed by atoms with E-state index in [1.54, 1.807) is 0 Å². The van der Waals surface area contributed by atoms with Crippen molar-refractivity contribution in [3.05, 3.63) is 25.6 Å². The van der Waals surface area contributed by atoms with Crippen LogP contribution in [-0.4, -0.2) is 59.8 Å². The number of halogens is 1. The van der Waals surface area contributed by atoms with Crippen molar-refractivity contribution in [2.45, 2.75) is 24.5 Å². The van der Waals surface area contributed by atoms with Gasteiger partial charge in [0.25, 0.3) is 5.56 Å². The van der Waals surface area contributed by atoms with E-state index in [0.29, 0.717) is 0 Å². The minimum atomic E-state index is -1.36. The number of aliphatic hydroxyl groups is 3. The fourth-order valence-electron chi connectivity index (χ4n) is 2.31. The fraction of sp³-hybridized carbons (Fsp3) is 0.500. The Hall–Kier alpha value is -1.53. The summed E-state index contributed by atoms with van der Waals surface area (Å²) in [5.74, 6) is 0. The lowest BCUT2D eigenvalue weighted by molar-refractivity contribution is -0.0521. The second-order valence-electron chi connectivity index (χ2n) is 4.59. The van der Waals surface area contributed by atoms with Crippen LogP contribution in [0.1, 0.15) is 6.23 Å². The average Bonchev–Trinajstić information content (AvgIpc) is 2.89. The van der Waals surface area contributed by atoms with Gasteiger partial charge in [-0.3, -0.25) is 19.3 Å². The molecule has 0 radical (unpaired) electrons. The molecule has 3 rings (SSSR count). The molecule has 2 aromatic rings. The Morgan fingerprint density at radius 2 is 2.00 bits per heavy atom. The maximum atomic E-state index is 11.7. The van der Waals surface area contributed by atoms with Gasteiger partial charge in [-0.25, -0.2) is 9.78 Å². The largest absolute Gasteiger partial charge is 0.394 e. The van der Waals surface area contributed by atoms with Gasteiger partial charge in [0.2, 0.25) is 0 Å². The van der Waals surface area contributed by atoms with Crippen molar-refractivity contribution in [1.29, 1.82) is 0 Å². The summed E-state index contributed by atoms with van der Waals surface area (Å²) in [5, 5.41) is 28.9. The van der Waals surface area contributed by atoms with E-state index in [0.717, 1.165) is 0 Å². The molecule has 5 N–H and O–H groups in total. The third kappa shape index (κ3) is 2.13. The van der Waals surface area contributed by atoms with Crippen LogP contribution in [-0.2, 0) is 4.74 Å². The van der Waals surface area contributed by atoms with Crippen LogP contribution in [0.2, 0.25) is 0 Å². The second-order valence-corrected chi connectivity index (χ2v) is 5.29. The number of hydrogen-bond donors (Lipinski definition) is 5. The first-order valence-corrected chi connectivity index (χ1v) is 6.76. The number of aliphatic hydroxyl groups excluding tert-OH is 3. The molecule has 0 spiro atoms. The zero-order chi connectivity index (χ0) is 15.3. The Morgan fingerprint density at radius 3 is 2.62 bits per heavy atom. The summed E-state index contributed by atoms with van der Waals surface area (Å²) in [6.07, 6.45) is -4.77. The van der Waals surface area contributed by atoms with Gasteiger partial charge in [0.05, 0.1) is 6.61 Å². The summed E-state index contributed by atoms with van der Waals surface area (Å²) in [4.78, 5) is 31.4. The van der Waals surface area contributed by atoms with E-state index < -0.39 is 42.4 Å². The molecule has 1 fully saturated rings. The number of hydrogen-bond acceptors (Lipinski definition) is 7. The molecule has 1 aliphatic rings. The minimum absolute atomic E-state index is 0.0328. The van der Waals surface area contributed by atoms with Gasteiger partial charge in [-0.2, -0.15) is 0 Å². The zero-order valence-electron chi connectivity index (χ0n) is 10.4. The average molecular weight is 363 g/mol. The molecule has 11 heteroatoms. The van der Waals surface area contributed by atoms with Crippen LogP contribution in [0, 0.1) is 0 Å². The van der Waals surface area contributed by atoms with Gasteiger partial charge in [0, 0.05) is 0 Å². The van der Waals surface area contributed by atoms with Crippen molar-refractivity contribution in [3.8, 4) is 0 Å². The summed E-state index contributed by atoms with van der Waals surface area (Å²) in [6, 6.07) is 0.